The van der Waals surface area contributed by atoms with E-state index in [0.717, 1.165) is 6.07 Å². The van der Waals surface area contributed by atoms with Gasteiger partial charge in [0.2, 0.25) is 10.0 Å². The van der Waals surface area contributed by atoms with Gasteiger partial charge in [0, 0.05) is 6.54 Å². The van der Waals surface area contributed by atoms with Gasteiger partial charge < -0.3 is 5.11 Å². The molecule has 0 aliphatic heterocycles. The van der Waals surface area contributed by atoms with Crippen LogP contribution in [0.25, 0.3) is 0 Å². The standard InChI is InChI=1S/C12H11ClFNO3S2/c13-9-2-1-3-11(12(9)14)20(17,18)15-6-10(16)8-4-5-19-7-8/h1-5,7,10,15-16H,6H2. The van der Waals surface area contributed by atoms with Crippen LogP contribution in [0, 0.1) is 5.82 Å². The number of aliphatic hydroxyl groups excluding tert-OH is 1. The molecular weight excluding hydrogens is 325 g/mol. The summed E-state index contributed by atoms with van der Waals surface area (Å²) >= 11 is 6.94. The number of hydrogen-bond acceptors (Lipinski definition) is 4. The van der Waals surface area contributed by atoms with Crippen LogP contribution in [0.2, 0.25) is 5.02 Å². The predicted octanol–water partition coefficient (Wildman–Crippen LogP) is 2.55. The molecule has 2 N–H and O–H groups in total. The highest BCUT2D eigenvalue weighted by molar-refractivity contribution is 7.89. The monoisotopic (exact) mass is 335 g/mol. The molecule has 0 bridgehead atoms. The van der Waals surface area contributed by atoms with Gasteiger partial charge in [-0.15, -0.1) is 0 Å². The number of rotatable bonds is 5. The van der Waals surface area contributed by atoms with Gasteiger partial charge in [-0.25, -0.2) is 17.5 Å². The third kappa shape index (κ3) is 3.36. The molecule has 1 heterocycles. The van der Waals surface area contributed by atoms with E-state index < -0.39 is 26.8 Å². The Morgan fingerprint density at radius 2 is 2.15 bits per heavy atom. The largest absolute Gasteiger partial charge is 0.387 e. The van der Waals surface area contributed by atoms with Crippen molar-refractivity contribution >= 4 is 33.0 Å². The minimum atomic E-state index is -4.07. The fourth-order valence-electron chi connectivity index (χ4n) is 1.54. The third-order valence-electron chi connectivity index (χ3n) is 2.60. The maximum Gasteiger partial charge on any atom is 0.243 e. The van der Waals surface area contributed by atoms with Crippen molar-refractivity contribution in [2.75, 3.05) is 6.54 Å². The number of sulfonamides is 1. The molecular formula is C12H11ClFNO3S2. The summed E-state index contributed by atoms with van der Waals surface area (Å²) in [6, 6.07) is 5.40. The first-order valence-corrected chi connectivity index (χ1v) is 8.36. The number of thiophene rings is 1. The van der Waals surface area contributed by atoms with Crippen molar-refractivity contribution in [2.24, 2.45) is 0 Å². The molecule has 4 nitrogen and oxygen atoms in total. The van der Waals surface area contributed by atoms with E-state index in [1.807, 2.05) is 0 Å². The summed E-state index contributed by atoms with van der Waals surface area (Å²) in [4.78, 5) is -0.539. The fraction of sp³-hybridized carbons (Fsp3) is 0.167. The summed E-state index contributed by atoms with van der Waals surface area (Å²) in [6.45, 7) is -0.245. The van der Waals surface area contributed by atoms with Crippen molar-refractivity contribution in [3.05, 3.63) is 51.4 Å². The van der Waals surface area contributed by atoms with Gasteiger partial charge in [0.1, 0.15) is 4.90 Å². The van der Waals surface area contributed by atoms with E-state index in [-0.39, 0.29) is 11.6 Å². The molecule has 1 atom stereocenters. The van der Waals surface area contributed by atoms with Crippen LogP contribution in [0.3, 0.4) is 0 Å². The Morgan fingerprint density at radius 1 is 1.40 bits per heavy atom. The highest BCUT2D eigenvalue weighted by atomic mass is 35.5. The Morgan fingerprint density at radius 3 is 2.80 bits per heavy atom. The Balaban J connectivity index is 2.14. The first kappa shape index (κ1) is 15.4. The molecule has 8 heteroatoms. The Kier molecular flexibility index (Phi) is 4.77. The maximum absolute atomic E-state index is 13.7. The average Bonchev–Trinajstić information content (AvgIpc) is 2.93. The van der Waals surface area contributed by atoms with Crippen molar-refractivity contribution in [1.82, 2.24) is 4.72 Å². The van der Waals surface area contributed by atoms with Crippen molar-refractivity contribution in [1.29, 1.82) is 0 Å². The molecule has 1 unspecified atom stereocenters. The van der Waals surface area contributed by atoms with Gasteiger partial charge in [-0.2, -0.15) is 11.3 Å². The number of aliphatic hydroxyl groups is 1. The van der Waals surface area contributed by atoms with Gasteiger partial charge in [0.05, 0.1) is 11.1 Å². The van der Waals surface area contributed by atoms with Crippen LogP contribution in [0.4, 0.5) is 4.39 Å². The minimum Gasteiger partial charge on any atom is -0.387 e. The van der Waals surface area contributed by atoms with Gasteiger partial charge in [0.15, 0.2) is 5.82 Å². The first-order chi connectivity index (χ1) is 9.42. The summed E-state index contributed by atoms with van der Waals surface area (Å²) in [5.41, 5.74) is 0.601. The van der Waals surface area contributed by atoms with E-state index in [0.29, 0.717) is 5.56 Å². The molecule has 2 aromatic rings. The molecule has 0 aliphatic carbocycles. The van der Waals surface area contributed by atoms with Crippen LogP contribution >= 0.6 is 22.9 Å². The zero-order chi connectivity index (χ0) is 14.8. The van der Waals surface area contributed by atoms with E-state index in [1.54, 1.807) is 16.8 Å². The van der Waals surface area contributed by atoms with Crippen molar-refractivity contribution in [3.8, 4) is 0 Å². The smallest absolute Gasteiger partial charge is 0.243 e. The summed E-state index contributed by atoms with van der Waals surface area (Å²) in [5.74, 6) is -1.01. The molecule has 20 heavy (non-hydrogen) atoms. The summed E-state index contributed by atoms with van der Waals surface area (Å²) in [7, 11) is -4.07. The number of benzene rings is 1. The average molecular weight is 336 g/mol. The molecule has 0 aliphatic rings. The molecule has 1 aromatic carbocycles. The Labute approximate surface area is 124 Å². The molecule has 0 saturated heterocycles. The number of halogens is 2. The summed E-state index contributed by atoms with van der Waals surface area (Å²) < 4.78 is 39.8. The zero-order valence-electron chi connectivity index (χ0n) is 10.1. The minimum absolute atomic E-state index is 0.245. The lowest BCUT2D eigenvalue weighted by atomic mass is 10.2. The highest BCUT2D eigenvalue weighted by Crippen LogP contribution is 2.22. The van der Waals surface area contributed by atoms with Crippen LogP contribution in [-0.2, 0) is 10.0 Å². The highest BCUT2D eigenvalue weighted by Gasteiger charge is 2.21. The van der Waals surface area contributed by atoms with Gasteiger partial charge in [-0.3, -0.25) is 0 Å². The summed E-state index contributed by atoms with van der Waals surface area (Å²) in [6.07, 6.45) is -0.988. The topological polar surface area (TPSA) is 66.4 Å². The molecule has 0 spiro atoms. The Hall–Kier alpha value is -0.990. The summed E-state index contributed by atoms with van der Waals surface area (Å²) in [5, 5.41) is 13.0. The predicted molar refractivity (Wildman–Crippen MR) is 75.9 cm³/mol. The van der Waals surface area contributed by atoms with Crippen LogP contribution in [0.5, 0.6) is 0 Å². The fourth-order valence-corrected chi connectivity index (χ4v) is 3.61. The van der Waals surface area contributed by atoms with Gasteiger partial charge in [-0.05, 0) is 34.5 Å². The third-order valence-corrected chi connectivity index (χ3v) is 5.03. The molecule has 0 amide bonds. The molecule has 2 rings (SSSR count). The number of hydrogen-bond donors (Lipinski definition) is 2. The van der Waals surface area contributed by atoms with Crippen molar-refractivity contribution < 1.29 is 17.9 Å². The van der Waals surface area contributed by atoms with Gasteiger partial charge in [-0.1, -0.05) is 17.7 Å². The lowest BCUT2D eigenvalue weighted by molar-refractivity contribution is 0.182. The van der Waals surface area contributed by atoms with Gasteiger partial charge >= 0.3 is 0 Å². The van der Waals surface area contributed by atoms with Crippen molar-refractivity contribution in [3.63, 3.8) is 0 Å². The molecule has 0 fully saturated rings. The second kappa shape index (κ2) is 6.19. The van der Waals surface area contributed by atoms with E-state index in [9.17, 15) is 17.9 Å². The molecule has 0 saturated carbocycles. The van der Waals surface area contributed by atoms with Crippen LogP contribution in [0.15, 0.2) is 39.9 Å². The molecule has 0 radical (unpaired) electrons. The van der Waals surface area contributed by atoms with Gasteiger partial charge in [0.25, 0.3) is 0 Å². The van der Waals surface area contributed by atoms with E-state index >= 15 is 0 Å². The zero-order valence-corrected chi connectivity index (χ0v) is 12.5. The normalized spacial score (nSPS) is 13.3. The second-order valence-electron chi connectivity index (χ2n) is 3.98. The van der Waals surface area contributed by atoms with E-state index in [2.05, 4.69) is 4.72 Å². The SMILES string of the molecule is O=S(=O)(NCC(O)c1ccsc1)c1cccc(Cl)c1F. The first-order valence-electron chi connectivity index (χ1n) is 5.55. The Bertz CT molecular complexity index is 689. The quantitative estimate of drug-likeness (QED) is 0.882. The maximum atomic E-state index is 13.7. The van der Waals surface area contributed by atoms with Crippen molar-refractivity contribution in [2.45, 2.75) is 11.0 Å². The molecule has 108 valence electrons. The molecule has 1 aromatic heterocycles. The van der Waals surface area contributed by atoms with Crippen LogP contribution < -0.4 is 4.72 Å². The lowest BCUT2D eigenvalue weighted by Gasteiger charge is -2.12. The van der Waals surface area contributed by atoms with E-state index in [1.165, 1.54) is 23.5 Å². The second-order valence-corrected chi connectivity index (χ2v) is 6.90. The number of nitrogens with one attached hydrogen (secondary N) is 1. The van der Waals surface area contributed by atoms with Crippen LogP contribution in [-0.4, -0.2) is 20.1 Å². The van der Waals surface area contributed by atoms with E-state index in [4.69, 9.17) is 11.6 Å². The van der Waals surface area contributed by atoms with Crippen LogP contribution in [0.1, 0.15) is 11.7 Å². The lowest BCUT2D eigenvalue weighted by Crippen LogP contribution is -2.29.